The van der Waals surface area contributed by atoms with Crippen LogP contribution in [0.4, 0.5) is 5.82 Å². The van der Waals surface area contributed by atoms with Crippen molar-refractivity contribution in [3.63, 3.8) is 0 Å². The number of hydrogen-bond acceptors (Lipinski definition) is 4. The zero-order valence-electron chi connectivity index (χ0n) is 13.2. The molecule has 0 fully saturated rings. The van der Waals surface area contributed by atoms with E-state index in [0.29, 0.717) is 11.3 Å². The van der Waals surface area contributed by atoms with E-state index in [1.165, 1.54) is 17.6 Å². The monoisotopic (exact) mass is 334 g/mol. The van der Waals surface area contributed by atoms with Gasteiger partial charge in [-0.2, -0.15) is 0 Å². The lowest BCUT2D eigenvalue weighted by Crippen LogP contribution is -2.22. The maximum Gasteiger partial charge on any atom is 0.240 e. The molecule has 0 aliphatic rings. The third-order valence-corrected chi connectivity index (χ3v) is 4.63. The molecule has 0 bridgehead atoms. The number of aryl methyl sites for hydroxylation is 1. The molecule has 1 aromatic carbocycles. The van der Waals surface area contributed by atoms with E-state index in [1.54, 1.807) is 25.2 Å². The smallest absolute Gasteiger partial charge is 0.240 e. The Morgan fingerprint density at radius 1 is 1.09 bits per heavy atom. The highest BCUT2D eigenvalue weighted by Gasteiger charge is 2.19. The molecule has 0 radical (unpaired) electrons. The molecule has 2 aromatic rings. The van der Waals surface area contributed by atoms with Crippen LogP contribution >= 0.6 is 0 Å². The third-order valence-electron chi connectivity index (χ3n) is 3.32. The van der Waals surface area contributed by atoms with Gasteiger partial charge in [0, 0.05) is 12.6 Å². The van der Waals surface area contributed by atoms with E-state index in [9.17, 15) is 18.0 Å². The van der Waals surface area contributed by atoms with Crippen LogP contribution in [0, 0.1) is 6.92 Å². The molecule has 2 rings (SSSR count). The van der Waals surface area contributed by atoms with Crippen molar-refractivity contribution in [2.75, 3.05) is 10.5 Å². The van der Waals surface area contributed by atoms with Gasteiger partial charge in [0.1, 0.15) is 17.4 Å². The van der Waals surface area contributed by atoms with E-state index in [-0.39, 0.29) is 11.6 Å². The van der Waals surface area contributed by atoms with Crippen molar-refractivity contribution < 1.29 is 18.0 Å². The molecule has 0 aliphatic heterocycles. The highest BCUT2D eigenvalue weighted by atomic mass is 32.2. The van der Waals surface area contributed by atoms with Gasteiger partial charge in [-0.15, -0.1) is 0 Å². The normalized spacial score (nSPS) is 11.3. The third kappa shape index (κ3) is 4.07. The van der Waals surface area contributed by atoms with Gasteiger partial charge in [-0.25, -0.2) is 8.42 Å². The fourth-order valence-corrected chi connectivity index (χ4v) is 3.29. The number of aromatic nitrogens is 1. The summed E-state index contributed by atoms with van der Waals surface area (Å²) < 4.78 is 27.4. The van der Waals surface area contributed by atoms with Crippen molar-refractivity contribution in [1.82, 2.24) is 4.57 Å². The van der Waals surface area contributed by atoms with Gasteiger partial charge in [0.25, 0.3) is 0 Å². The Labute approximate surface area is 135 Å². The van der Waals surface area contributed by atoms with E-state index in [2.05, 4.69) is 4.72 Å². The number of ketones is 2. The van der Waals surface area contributed by atoms with Crippen LogP contribution in [0.5, 0.6) is 0 Å². The molecule has 1 aromatic heterocycles. The average molecular weight is 334 g/mol. The van der Waals surface area contributed by atoms with E-state index in [1.807, 2.05) is 19.1 Å². The van der Waals surface area contributed by atoms with Crippen LogP contribution in [-0.2, 0) is 21.9 Å². The molecule has 7 heteroatoms. The average Bonchev–Trinajstić information content (AvgIpc) is 2.78. The quantitative estimate of drug-likeness (QED) is 0.818. The van der Waals surface area contributed by atoms with E-state index in [0.717, 1.165) is 5.56 Å². The fourth-order valence-electron chi connectivity index (χ4n) is 2.16. The van der Waals surface area contributed by atoms with Crippen LogP contribution in [0.15, 0.2) is 36.4 Å². The summed E-state index contributed by atoms with van der Waals surface area (Å²) in [5.41, 5.74) is 1.93. The Hall–Kier alpha value is -2.41. The molecule has 1 heterocycles. The van der Waals surface area contributed by atoms with Gasteiger partial charge in [0.05, 0.1) is 5.69 Å². The lowest BCUT2D eigenvalue weighted by atomic mass is 10.1. The Morgan fingerprint density at radius 2 is 1.70 bits per heavy atom. The molecule has 6 nitrogen and oxygen atoms in total. The van der Waals surface area contributed by atoms with Gasteiger partial charge in [0.15, 0.2) is 0 Å². The first-order valence-electron chi connectivity index (χ1n) is 6.96. The highest BCUT2D eigenvalue weighted by molar-refractivity contribution is 7.93. The molecule has 23 heavy (non-hydrogen) atoms. The lowest BCUT2D eigenvalue weighted by Gasteiger charge is -2.09. The van der Waals surface area contributed by atoms with Crippen molar-refractivity contribution in [2.45, 2.75) is 13.8 Å². The first-order valence-corrected chi connectivity index (χ1v) is 8.62. The number of carbonyl (C=O) groups is 2. The maximum absolute atomic E-state index is 12.5. The predicted molar refractivity (Wildman–Crippen MR) is 88.1 cm³/mol. The van der Waals surface area contributed by atoms with Crippen molar-refractivity contribution in [2.24, 2.45) is 7.05 Å². The van der Waals surface area contributed by atoms with Crippen molar-refractivity contribution in [3.05, 3.63) is 53.2 Å². The Kier molecular flexibility index (Phi) is 4.70. The summed E-state index contributed by atoms with van der Waals surface area (Å²) in [4.78, 5) is 23.5. The Bertz CT molecular complexity index is 849. The second kappa shape index (κ2) is 6.37. The first-order chi connectivity index (χ1) is 10.7. The molecule has 1 N–H and O–H groups in total. The standard InChI is InChI=1S/C16H18N2O4S/c1-11-4-6-13(7-5-11)16(20)14-8-9-15(18(14)3)17-23(21,22)10-12(2)19/h4-9,17H,10H2,1-3H3. The minimum atomic E-state index is -3.77. The number of rotatable bonds is 6. The molecular weight excluding hydrogens is 316 g/mol. The zero-order chi connectivity index (χ0) is 17.2. The van der Waals surface area contributed by atoms with Crippen LogP contribution in [0.2, 0.25) is 0 Å². The second-order valence-corrected chi connectivity index (χ2v) is 7.14. The van der Waals surface area contributed by atoms with Crippen LogP contribution in [0.25, 0.3) is 0 Å². The second-order valence-electron chi connectivity index (χ2n) is 5.42. The topological polar surface area (TPSA) is 85.2 Å². The van der Waals surface area contributed by atoms with Gasteiger partial charge < -0.3 is 4.57 Å². The summed E-state index contributed by atoms with van der Waals surface area (Å²) in [6.07, 6.45) is 0. The number of hydrogen-bond donors (Lipinski definition) is 1. The lowest BCUT2D eigenvalue weighted by molar-refractivity contribution is -0.114. The molecule has 0 amide bonds. The minimum absolute atomic E-state index is 0.204. The van der Waals surface area contributed by atoms with Gasteiger partial charge in [-0.3, -0.25) is 14.3 Å². The molecule has 0 atom stereocenters. The Balaban J connectivity index is 2.27. The van der Waals surface area contributed by atoms with Crippen LogP contribution in [0.3, 0.4) is 0 Å². The number of nitrogens with zero attached hydrogens (tertiary/aromatic N) is 1. The van der Waals surface area contributed by atoms with Crippen LogP contribution in [0.1, 0.15) is 28.5 Å². The van der Waals surface area contributed by atoms with Crippen LogP contribution < -0.4 is 4.72 Å². The molecule has 0 saturated heterocycles. The van der Waals surface area contributed by atoms with Gasteiger partial charge in [-0.05, 0) is 26.0 Å². The maximum atomic E-state index is 12.5. The highest BCUT2D eigenvalue weighted by Crippen LogP contribution is 2.18. The summed E-state index contributed by atoms with van der Waals surface area (Å²) in [5.74, 6) is -1.02. The molecule has 122 valence electrons. The van der Waals surface area contributed by atoms with Crippen molar-refractivity contribution >= 4 is 27.4 Å². The van der Waals surface area contributed by atoms with Crippen molar-refractivity contribution in [1.29, 1.82) is 0 Å². The summed E-state index contributed by atoms with van der Waals surface area (Å²) in [6.45, 7) is 3.13. The first kappa shape index (κ1) is 17.0. The number of carbonyl (C=O) groups excluding carboxylic acids is 2. The summed E-state index contributed by atoms with van der Waals surface area (Å²) in [6, 6.07) is 10.2. The van der Waals surface area contributed by atoms with Crippen LogP contribution in [-0.4, -0.2) is 30.3 Å². The van der Waals surface area contributed by atoms with E-state index < -0.39 is 21.6 Å². The Morgan fingerprint density at radius 3 is 2.26 bits per heavy atom. The molecule has 0 unspecified atom stereocenters. The minimum Gasteiger partial charge on any atom is -0.327 e. The predicted octanol–water partition coefficient (Wildman–Crippen LogP) is 1.90. The van der Waals surface area contributed by atoms with Gasteiger partial charge >= 0.3 is 0 Å². The number of nitrogens with one attached hydrogen (secondary N) is 1. The number of benzene rings is 1. The summed E-state index contributed by atoms with van der Waals surface area (Å²) >= 11 is 0. The summed E-state index contributed by atoms with van der Waals surface area (Å²) in [5, 5.41) is 0. The number of anilines is 1. The van der Waals surface area contributed by atoms with Gasteiger partial charge in [-0.1, -0.05) is 29.8 Å². The fraction of sp³-hybridized carbons (Fsp3) is 0.250. The SMILES string of the molecule is CC(=O)CS(=O)(=O)Nc1ccc(C(=O)c2ccc(C)cc2)n1C. The van der Waals surface area contributed by atoms with E-state index in [4.69, 9.17) is 0 Å². The van der Waals surface area contributed by atoms with Crippen molar-refractivity contribution in [3.8, 4) is 0 Å². The molecular formula is C16H18N2O4S. The number of sulfonamides is 1. The molecule has 0 aliphatic carbocycles. The number of Topliss-reactive ketones (excluding diaryl/α,β-unsaturated/α-hetero) is 1. The molecule has 0 spiro atoms. The van der Waals surface area contributed by atoms with Gasteiger partial charge in [0.2, 0.25) is 15.8 Å². The summed E-state index contributed by atoms with van der Waals surface area (Å²) in [7, 11) is -2.18. The zero-order valence-corrected chi connectivity index (χ0v) is 14.0. The molecule has 0 saturated carbocycles. The van der Waals surface area contributed by atoms with E-state index >= 15 is 0 Å². The largest absolute Gasteiger partial charge is 0.327 e.